The van der Waals surface area contributed by atoms with Crippen molar-refractivity contribution >= 4 is 24.0 Å². The smallest absolute Gasteiger partial charge is 0.276 e. The van der Waals surface area contributed by atoms with E-state index in [2.05, 4.69) is 22.7 Å². The molecule has 0 aliphatic carbocycles. The van der Waals surface area contributed by atoms with Crippen LogP contribution in [0.15, 0.2) is 30.5 Å². The molecule has 1 atom stereocenters. The minimum atomic E-state index is -0.258. The van der Waals surface area contributed by atoms with Gasteiger partial charge in [-0.05, 0) is 44.0 Å². The minimum absolute atomic E-state index is 0. The Kier molecular flexibility index (Phi) is 8.60. The number of ether oxygens (including phenoxy) is 2. The highest BCUT2D eigenvalue weighted by Crippen LogP contribution is 2.30. The summed E-state index contributed by atoms with van der Waals surface area (Å²) in [5.74, 6) is 1.03. The number of benzene rings is 1. The zero-order valence-corrected chi connectivity index (χ0v) is 17.3. The molecule has 0 saturated carbocycles. The molecule has 1 amide bonds. The second-order valence-corrected chi connectivity index (χ2v) is 6.70. The van der Waals surface area contributed by atoms with Gasteiger partial charge < -0.3 is 20.1 Å². The lowest BCUT2D eigenvalue weighted by Crippen LogP contribution is -2.32. The highest BCUT2D eigenvalue weighted by molar-refractivity contribution is 6.03. The molecule has 2 aromatic rings. The maximum absolute atomic E-state index is 12.7. The van der Waals surface area contributed by atoms with E-state index in [0.717, 1.165) is 38.8 Å². The highest BCUT2D eigenvalue weighted by atomic mass is 35.5. The van der Waals surface area contributed by atoms with Crippen molar-refractivity contribution in [2.24, 2.45) is 0 Å². The molecule has 1 aromatic heterocycles. The highest BCUT2D eigenvalue weighted by Gasteiger charge is 2.18. The molecule has 1 fully saturated rings. The summed E-state index contributed by atoms with van der Waals surface area (Å²) in [7, 11) is 1.60. The molecule has 2 heterocycles. The Morgan fingerprint density at radius 3 is 2.96 bits per heavy atom. The molecule has 1 aliphatic heterocycles. The van der Waals surface area contributed by atoms with E-state index in [4.69, 9.17) is 9.47 Å². The van der Waals surface area contributed by atoms with Crippen molar-refractivity contribution in [3.8, 4) is 11.5 Å². The van der Waals surface area contributed by atoms with Gasteiger partial charge >= 0.3 is 0 Å². The number of hydrogen-bond donors (Lipinski definition) is 2. The van der Waals surface area contributed by atoms with Gasteiger partial charge in [-0.2, -0.15) is 5.10 Å². The average Bonchev–Trinajstić information content (AvgIpc) is 3.20. The van der Waals surface area contributed by atoms with Gasteiger partial charge in [-0.1, -0.05) is 13.3 Å². The molecule has 0 radical (unpaired) electrons. The van der Waals surface area contributed by atoms with Gasteiger partial charge in [0.2, 0.25) is 0 Å². The van der Waals surface area contributed by atoms with Gasteiger partial charge in [-0.15, -0.1) is 12.4 Å². The zero-order chi connectivity index (χ0) is 19.1. The van der Waals surface area contributed by atoms with Crippen LogP contribution in [0, 0.1) is 0 Å². The lowest BCUT2D eigenvalue weighted by atomic mass is 10.1. The molecule has 7 nitrogen and oxygen atoms in total. The van der Waals surface area contributed by atoms with Crippen LogP contribution in [0.2, 0.25) is 0 Å². The van der Waals surface area contributed by atoms with Crippen molar-refractivity contribution in [1.29, 1.82) is 0 Å². The Bertz CT molecular complexity index is 760. The summed E-state index contributed by atoms with van der Waals surface area (Å²) in [5, 5.41) is 10.7. The van der Waals surface area contributed by atoms with Crippen molar-refractivity contribution in [1.82, 2.24) is 15.1 Å². The van der Waals surface area contributed by atoms with E-state index in [9.17, 15) is 4.79 Å². The number of carbonyl (C=O) groups is 1. The number of unbranched alkanes of at least 4 members (excludes halogenated alkanes) is 1. The number of anilines is 1. The molecular weight excluding hydrogens is 380 g/mol. The lowest BCUT2D eigenvalue weighted by molar-refractivity contribution is 0.102. The van der Waals surface area contributed by atoms with Crippen LogP contribution in [0.4, 0.5) is 5.69 Å². The Morgan fingerprint density at radius 2 is 2.25 bits per heavy atom. The SMILES string of the molecule is CCCCOc1ccc(OC)cc1NC(=O)c1ccn(C2CCCNC2)n1.Cl. The number of hydrogen-bond acceptors (Lipinski definition) is 5. The van der Waals surface area contributed by atoms with E-state index in [-0.39, 0.29) is 18.3 Å². The fourth-order valence-corrected chi connectivity index (χ4v) is 3.09. The van der Waals surface area contributed by atoms with Crippen LogP contribution in [0.5, 0.6) is 11.5 Å². The third kappa shape index (κ3) is 5.62. The number of amides is 1. The Morgan fingerprint density at radius 1 is 1.39 bits per heavy atom. The second kappa shape index (κ2) is 10.9. The Hall–Kier alpha value is -2.25. The predicted octanol–water partition coefficient (Wildman–Crippen LogP) is 3.67. The number of nitrogens with zero attached hydrogens (tertiary/aromatic N) is 2. The fraction of sp³-hybridized carbons (Fsp3) is 0.500. The minimum Gasteiger partial charge on any atom is -0.497 e. The number of nitrogens with one attached hydrogen (secondary N) is 2. The molecule has 1 unspecified atom stereocenters. The topological polar surface area (TPSA) is 77.4 Å². The summed E-state index contributed by atoms with van der Waals surface area (Å²) in [5.41, 5.74) is 0.979. The van der Waals surface area contributed by atoms with E-state index < -0.39 is 0 Å². The first-order valence-electron chi connectivity index (χ1n) is 9.59. The summed E-state index contributed by atoms with van der Waals surface area (Å²) < 4.78 is 13.0. The van der Waals surface area contributed by atoms with Crippen LogP contribution in [0.3, 0.4) is 0 Å². The van der Waals surface area contributed by atoms with Crippen LogP contribution in [0.25, 0.3) is 0 Å². The van der Waals surface area contributed by atoms with Gasteiger partial charge in [0.05, 0.1) is 25.4 Å². The van der Waals surface area contributed by atoms with E-state index in [1.165, 1.54) is 0 Å². The fourth-order valence-electron chi connectivity index (χ4n) is 3.09. The molecule has 8 heteroatoms. The van der Waals surface area contributed by atoms with Crippen molar-refractivity contribution in [2.45, 2.75) is 38.6 Å². The quantitative estimate of drug-likeness (QED) is 0.651. The zero-order valence-electron chi connectivity index (χ0n) is 16.4. The predicted molar refractivity (Wildman–Crippen MR) is 112 cm³/mol. The molecule has 3 rings (SSSR count). The maximum Gasteiger partial charge on any atom is 0.276 e. The van der Waals surface area contributed by atoms with Crippen molar-refractivity contribution in [3.05, 3.63) is 36.2 Å². The molecule has 1 saturated heterocycles. The Balaban J connectivity index is 0.00000280. The van der Waals surface area contributed by atoms with Gasteiger partial charge in [-0.3, -0.25) is 9.48 Å². The Labute approximate surface area is 172 Å². The molecule has 0 spiro atoms. The van der Waals surface area contributed by atoms with Gasteiger partial charge in [-0.25, -0.2) is 0 Å². The number of carbonyl (C=O) groups excluding carboxylic acids is 1. The van der Waals surface area contributed by atoms with Gasteiger partial charge in [0, 0.05) is 18.8 Å². The molecule has 1 aliphatic rings. The standard InChI is InChI=1S/C20H28N4O3.ClH/c1-3-4-12-27-19-8-7-16(26-2)13-18(19)22-20(25)17-9-11-24(23-17)15-6-5-10-21-14-15;/h7-9,11,13,15,21H,3-6,10,12,14H2,1-2H3,(H,22,25);1H. The van der Waals surface area contributed by atoms with Gasteiger partial charge in [0.1, 0.15) is 11.5 Å². The number of methoxy groups -OCH3 is 1. The first-order chi connectivity index (χ1) is 13.2. The normalized spacial score (nSPS) is 16.1. The van der Waals surface area contributed by atoms with Crippen LogP contribution < -0.4 is 20.1 Å². The summed E-state index contributed by atoms with van der Waals surface area (Å²) in [6, 6.07) is 7.45. The monoisotopic (exact) mass is 408 g/mol. The maximum atomic E-state index is 12.7. The van der Waals surface area contributed by atoms with E-state index >= 15 is 0 Å². The van der Waals surface area contributed by atoms with Gasteiger partial charge in [0.25, 0.3) is 5.91 Å². The van der Waals surface area contributed by atoms with Crippen molar-refractivity contribution in [2.75, 3.05) is 32.1 Å². The van der Waals surface area contributed by atoms with E-state index in [0.29, 0.717) is 35.5 Å². The summed E-state index contributed by atoms with van der Waals surface area (Å²) >= 11 is 0. The molecule has 0 bridgehead atoms. The van der Waals surface area contributed by atoms with E-state index in [1.807, 2.05) is 23.0 Å². The molecular formula is C20H29ClN4O3. The number of halogens is 1. The summed E-state index contributed by atoms with van der Waals surface area (Å²) in [6.07, 6.45) is 6.07. The van der Waals surface area contributed by atoms with Crippen LogP contribution >= 0.6 is 12.4 Å². The third-order valence-corrected chi connectivity index (χ3v) is 4.68. The number of rotatable bonds is 8. The van der Waals surface area contributed by atoms with Crippen LogP contribution in [0.1, 0.15) is 49.1 Å². The second-order valence-electron chi connectivity index (χ2n) is 6.70. The number of piperidine rings is 1. The average molecular weight is 409 g/mol. The van der Waals surface area contributed by atoms with Gasteiger partial charge in [0.15, 0.2) is 5.69 Å². The van der Waals surface area contributed by atoms with Crippen molar-refractivity contribution in [3.63, 3.8) is 0 Å². The van der Waals surface area contributed by atoms with Crippen molar-refractivity contribution < 1.29 is 14.3 Å². The van der Waals surface area contributed by atoms with Crippen LogP contribution in [-0.2, 0) is 0 Å². The molecule has 2 N–H and O–H groups in total. The molecule has 154 valence electrons. The third-order valence-electron chi connectivity index (χ3n) is 4.68. The molecule has 28 heavy (non-hydrogen) atoms. The summed E-state index contributed by atoms with van der Waals surface area (Å²) in [6.45, 7) is 4.64. The first kappa shape index (κ1) is 22.0. The summed E-state index contributed by atoms with van der Waals surface area (Å²) in [4.78, 5) is 12.7. The van der Waals surface area contributed by atoms with E-state index in [1.54, 1.807) is 19.2 Å². The van der Waals surface area contributed by atoms with Crippen LogP contribution in [-0.4, -0.2) is 42.5 Å². The molecule has 1 aromatic carbocycles. The largest absolute Gasteiger partial charge is 0.497 e. The first-order valence-corrected chi connectivity index (χ1v) is 9.59. The lowest BCUT2D eigenvalue weighted by Gasteiger charge is -2.22. The number of aromatic nitrogens is 2.